The van der Waals surface area contributed by atoms with Gasteiger partial charge < -0.3 is 15.4 Å². The molecule has 0 saturated carbocycles. The molecule has 0 aromatic rings. The van der Waals surface area contributed by atoms with Gasteiger partial charge in [0.1, 0.15) is 6.54 Å². The van der Waals surface area contributed by atoms with Crippen LogP contribution in [0, 0.1) is 0 Å². The maximum atomic E-state index is 12.2. The Bertz CT molecular complexity index is 279. The number of amides is 1. The van der Waals surface area contributed by atoms with Crippen molar-refractivity contribution in [2.24, 2.45) is 5.73 Å². The van der Waals surface area contributed by atoms with E-state index in [9.17, 15) is 22.8 Å². The minimum atomic E-state index is -4.53. The monoisotopic (exact) mass is 256 g/mol. The molecule has 0 bridgehead atoms. The van der Waals surface area contributed by atoms with E-state index in [1.165, 1.54) is 6.92 Å². The second-order valence-corrected chi connectivity index (χ2v) is 3.49. The first-order valence-electron chi connectivity index (χ1n) is 4.85. The van der Waals surface area contributed by atoms with Gasteiger partial charge in [-0.25, -0.2) is 0 Å². The molecule has 0 heterocycles. The molecule has 0 rings (SSSR count). The molecular weight excluding hydrogens is 241 g/mol. The summed E-state index contributed by atoms with van der Waals surface area (Å²) in [5.41, 5.74) is 5.22. The number of ether oxygens (including phenoxy) is 1. The Labute approximate surface area is 96.7 Å². The van der Waals surface area contributed by atoms with Gasteiger partial charge in [-0.05, 0) is 6.92 Å². The second-order valence-electron chi connectivity index (χ2n) is 3.49. The smallest absolute Gasteiger partial charge is 0.406 e. The van der Waals surface area contributed by atoms with E-state index >= 15 is 0 Å². The second kappa shape index (κ2) is 6.43. The van der Waals surface area contributed by atoms with Crippen molar-refractivity contribution >= 4 is 11.9 Å². The molecule has 1 atom stereocenters. The number of nitrogens with two attached hydrogens (primary N) is 1. The summed E-state index contributed by atoms with van der Waals surface area (Å²) in [6, 6.07) is -1.05. The van der Waals surface area contributed by atoms with Crippen molar-refractivity contribution in [2.45, 2.75) is 25.6 Å². The van der Waals surface area contributed by atoms with Crippen LogP contribution in [0.5, 0.6) is 0 Å². The van der Waals surface area contributed by atoms with Gasteiger partial charge in [0.2, 0.25) is 5.91 Å². The number of carbonyl (C=O) groups excluding carboxylic acids is 2. The van der Waals surface area contributed by atoms with Gasteiger partial charge in [-0.1, -0.05) is 0 Å². The third kappa shape index (κ3) is 6.77. The van der Waals surface area contributed by atoms with E-state index in [0.29, 0.717) is 4.90 Å². The Morgan fingerprint density at radius 2 is 1.94 bits per heavy atom. The normalized spacial score (nSPS) is 13.1. The molecule has 0 aromatic carbocycles. The maximum absolute atomic E-state index is 12.2. The highest BCUT2D eigenvalue weighted by Crippen LogP contribution is 2.17. The number of halogens is 3. The molecule has 0 spiro atoms. The number of nitrogens with zero attached hydrogens (tertiary/aromatic N) is 1. The molecule has 0 aliphatic carbocycles. The third-order valence-corrected chi connectivity index (χ3v) is 1.88. The summed E-state index contributed by atoms with van der Waals surface area (Å²) in [7, 11) is 1.11. The number of hydrogen-bond donors (Lipinski definition) is 1. The fourth-order valence-electron chi connectivity index (χ4n) is 1.10. The predicted octanol–water partition coefficient (Wildman–Crippen LogP) is 0.288. The van der Waals surface area contributed by atoms with Gasteiger partial charge in [0.15, 0.2) is 0 Å². The largest absolute Gasteiger partial charge is 0.469 e. The van der Waals surface area contributed by atoms with Gasteiger partial charge in [-0.3, -0.25) is 9.59 Å². The fourth-order valence-corrected chi connectivity index (χ4v) is 1.10. The van der Waals surface area contributed by atoms with E-state index in [1.807, 2.05) is 0 Å². The SMILES string of the molecule is COC(=O)CCN(CC(F)(F)F)C(=O)[C@H](C)N. The molecular formula is C9H15F3N2O3. The van der Waals surface area contributed by atoms with Crippen LogP contribution in [0.3, 0.4) is 0 Å². The zero-order valence-electron chi connectivity index (χ0n) is 9.58. The van der Waals surface area contributed by atoms with Gasteiger partial charge in [0.05, 0.1) is 19.6 Å². The summed E-state index contributed by atoms with van der Waals surface area (Å²) in [6.45, 7) is -0.513. The Hall–Kier alpha value is -1.31. The van der Waals surface area contributed by atoms with Crippen LogP contribution in [0.1, 0.15) is 13.3 Å². The number of esters is 1. The topological polar surface area (TPSA) is 72.6 Å². The summed E-state index contributed by atoms with van der Waals surface area (Å²) >= 11 is 0. The summed E-state index contributed by atoms with van der Waals surface area (Å²) in [6.07, 6.45) is -4.83. The van der Waals surface area contributed by atoms with Crippen LogP contribution < -0.4 is 5.73 Å². The average molecular weight is 256 g/mol. The Morgan fingerprint density at radius 1 is 1.41 bits per heavy atom. The quantitative estimate of drug-likeness (QED) is 0.717. The average Bonchev–Trinajstić information content (AvgIpc) is 2.20. The van der Waals surface area contributed by atoms with E-state index in [1.54, 1.807) is 0 Å². The number of hydrogen-bond acceptors (Lipinski definition) is 4. The van der Waals surface area contributed by atoms with Crippen LogP contribution in [-0.2, 0) is 14.3 Å². The minimum Gasteiger partial charge on any atom is -0.469 e. The van der Waals surface area contributed by atoms with E-state index in [0.717, 1.165) is 7.11 Å². The van der Waals surface area contributed by atoms with Crippen LogP contribution in [0.4, 0.5) is 13.2 Å². The number of carbonyl (C=O) groups is 2. The molecule has 2 N–H and O–H groups in total. The Balaban J connectivity index is 4.52. The number of alkyl halides is 3. The van der Waals surface area contributed by atoms with Crippen molar-refractivity contribution in [1.29, 1.82) is 0 Å². The molecule has 0 aliphatic rings. The molecule has 100 valence electrons. The van der Waals surface area contributed by atoms with Gasteiger partial charge in [-0.2, -0.15) is 13.2 Å². The zero-order chi connectivity index (χ0) is 13.6. The van der Waals surface area contributed by atoms with Crippen molar-refractivity contribution < 1.29 is 27.5 Å². The van der Waals surface area contributed by atoms with Crippen LogP contribution in [0.2, 0.25) is 0 Å². The van der Waals surface area contributed by atoms with Crippen molar-refractivity contribution in [3.05, 3.63) is 0 Å². The highest BCUT2D eigenvalue weighted by Gasteiger charge is 2.33. The van der Waals surface area contributed by atoms with Crippen molar-refractivity contribution in [2.75, 3.05) is 20.2 Å². The van der Waals surface area contributed by atoms with E-state index < -0.39 is 30.6 Å². The molecule has 0 aliphatic heterocycles. The third-order valence-electron chi connectivity index (χ3n) is 1.88. The molecule has 8 heteroatoms. The summed E-state index contributed by atoms with van der Waals surface area (Å²) in [4.78, 5) is 22.7. The van der Waals surface area contributed by atoms with E-state index in [-0.39, 0.29) is 13.0 Å². The van der Waals surface area contributed by atoms with Gasteiger partial charge in [0.25, 0.3) is 0 Å². The lowest BCUT2D eigenvalue weighted by molar-refractivity contribution is -0.163. The lowest BCUT2D eigenvalue weighted by Crippen LogP contribution is -2.47. The summed E-state index contributed by atoms with van der Waals surface area (Å²) in [5.74, 6) is -1.54. The van der Waals surface area contributed by atoms with Crippen molar-refractivity contribution in [3.63, 3.8) is 0 Å². The molecule has 0 saturated heterocycles. The highest BCUT2D eigenvalue weighted by atomic mass is 19.4. The first-order chi connectivity index (χ1) is 7.67. The van der Waals surface area contributed by atoms with Crippen LogP contribution >= 0.6 is 0 Å². The molecule has 5 nitrogen and oxygen atoms in total. The lowest BCUT2D eigenvalue weighted by Gasteiger charge is -2.25. The summed E-state index contributed by atoms with van der Waals surface area (Å²) < 4.78 is 40.8. The van der Waals surface area contributed by atoms with Crippen molar-refractivity contribution in [1.82, 2.24) is 4.90 Å². The first kappa shape index (κ1) is 15.7. The van der Waals surface area contributed by atoms with Crippen LogP contribution in [0.25, 0.3) is 0 Å². The molecule has 17 heavy (non-hydrogen) atoms. The van der Waals surface area contributed by atoms with Gasteiger partial charge in [-0.15, -0.1) is 0 Å². The molecule has 0 aromatic heterocycles. The van der Waals surface area contributed by atoms with E-state index in [4.69, 9.17) is 5.73 Å². The fraction of sp³-hybridized carbons (Fsp3) is 0.778. The maximum Gasteiger partial charge on any atom is 0.406 e. The zero-order valence-corrected chi connectivity index (χ0v) is 9.58. The van der Waals surface area contributed by atoms with Gasteiger partial charge >= 0.3 is 12.1 Å². The Kier molecular flexibility index (Phi) is 5.94. The predicted molar refractivity (Wildman–Crippen MR) is 52.9 cm³/mol. The van der Waals surface area contributed by atoms with Crippen LogP contribution in [-0.4, -0.2) is 49.2 Å². The highest BCUT2D eigenvalue weighted by molar-refractivity contribution is 5.81. The standard InChI is InChI=1S/C9H15F3N2O3/c1-6(13)8(16)14(5-9(10,11)12)4-3-7(15)17-2/h6H,3-5,13H2,1-2H3/t6-/m0/s1. The molecule has 1 amide bonds. The number of rotatable bonds is 5. The first-order valence-corrected chi connectivity index (χ1v) is 4.85. The molecule has 0 radical (unpaired) electrons. The lowest BCUT2D eigenvalue weighted by atomic mass is 10.2. The summed E-state index contributed by atoms with van der Waals surface area (Å²) in [5, 5.41) is 0. The molecule has 0 fully saturated rings. The number of methoxy groups -OCH3 is 1. The van der Waals surface area contributed by atoms with E-state index in [2.05, 4.69) is 4.74 Å². The van der Waals surface area contributed by atoms with Gasteiger partial charge in [0, 0.05) is 6.54 Å². The Morgan fingerprint density at radius 3 is 2.29 bits per heavy atom. The van der Waals surface area contributed by atoms with Crippen LogP contribution in [0.15, 0.2) is 0 Å². The van der Waals surface area contributed by atoms with Crippen molar-refractivity contribution in [3.8, 4) is 0 Å². The minimum absolute atomic E-state index is 0.301. The molecule has 0 unspecified atom stereocenters.